The van der Waals surface area contributed by atoms with E-state index >= 15 is 0 Å². The topological polar surface area (TPSA) is 0 Å². The van der Waals surface area contributed by atoms with E-state index in [1.165, 1.54) is 31.8 Å². The van der Waals surface area contributed by atoms with Crippen LogP contribution in [0.15, 0.2) is 182 Å². The van der Waals surface area contributed by atoms with Crippen molar-refractivity contribution in [2.75, 3.05) is 0 Å². The summed E-state index contributed by atoms with van der Waals surface area (Å²) >= 11 is 0. The van der Waals surface area contributed by atoms with Gasteiger partial charge in [0.25, 0.3) is 0 Å². The Morgan fingerprint density at radius 1 is 0.283 bits per heavy atom. The number of benzene rings is 6. The lowest BCUT2D eigenvalue weighted by Crippen LogP contribution is -2.29. The molecule has 6 aromatic carbocycles. The van der Waals surface area contributed by atoms with E-state index in [9.17, 15) is 0 Å². The van der Waals surface area contributed by atoms with Crippen molar-refractivity contribution in [3.63, 3.8) is 0 Å². The summed E-state index contributed by atoms with van der Waals surface area (Å²) in [5.74, 6) is 7.33. The van der Waals surface area contributed by atoms with E-state index in [1.807, 2.05) is 0 Å². The molecule has 0 amide bonds. The third-order valence-electron chi connectivity index (χ3n) is 8.21. The standard InChI is InChI=1S/C44H38P2/c1(3-23-37-45(39-25-11-5-12-26-39,40-27-13-6-14-28-40)41-29-15-7-16-30-41)2-4-24-38-46(42-31-17-8-18-32-42,43-33-19-9-20-34-43)44-35-21-10-22-36-44/h5-22,25-36H,1-4H2/q+2. The maximum absolute atomic E-state index is 3.89. The molecule has 0 saturated carbocycles. The molecule has 0 aliphatic heterocycles. The van der Waals surface area contributed by atoms with Crippen molar-refractivity contribution in [1.29, 1.82) is 0 Å². The molecule has 0 nitrogen and oxygen atoms in total. The number of hydrogen-bond donors (Lipinski definition) is 0. The maximum atomic E-state index is 3.89. The van der Waals surface area contributed by atoms with Gasteiger partial charge in [0.1, 0.15) is 31.8 Å². The van der Waals surface area contributed by atoms with Gasteiger partial charge < -0.3 is 0 Å². The Morgan fingerprint density at radius 2 is 0.478 bits per heavy atom. The molecule has 0 saturated heterocycles. The number of unbranched alkanes of at least 4 members (excludes halogenated alkanes) is 3. The summed E-state index contributed by atoms with van der Waals surface area (Å²) in [6.45, 7) is 0. The van der Waals surface area contributed by atoms with Gasteiger partial charge in [-0.3, -0.25) is 0 Å². The Bertz CT molecular complexity index is 1580. The minimum Gasteiger partial charge on any atom is -0.0620 e. The molecule has 0 heterocycles. The first-order valence-corrected chi connectivity index (χ1v) is 19.5. The van der Waals surface area contributed by atoms with Crippen LogP contribution in [-0.4, -0.2) is 0 Å². The highest BCUT2D eigenvalue weighted by molar-refractivity contribution is 8.00. The molecule has 0 unspecified atom stereocenters. The van der Waals surface area contributed by atoms with Crippen LogP contribution >= 0.6 is 14.5 Å². The second kappa shape index (κ2) is 15.5. The zero-order chi connectivity index (χ0) is 31.3. The Morgan fingerprint density at radius 3 is 0.674 bits per heavy atom. The molecule has 222 valence electrons. The lowest BCUT2D eigenvalue weighted by Gasteiger charge is -2.21. The van der Waals surface area contributed by atoms with E-state index in [-0.39, 0.29) is 0 Å². The predicted octanol–water partition coefficient (Wildman–Crippen LogP) is 8.46. The Hall–Kier alpha value is -4.70. The van der Waals surface area contributed by atoms with Crippen molar-refractivity contribution in [3.8, 4) is 23.2 Å². The van der Waals surface area contributed by atoms with E-state index in [0.717, 1.165) is 25.7 Å². The molecule has 2 heteroatoms. The second-order valence-corrected chi connectivity index (χ2v) is 17.4. The summed E-state index contributed by atoms with van der Waals surface area (Å²) in [6.07, 6.45) is 3.75. The molecule has 0 aliphatic carbocycles. The fourth-order valence-electron chi connectivity index (χ4n) is 5.97. The minimum atomic E-state index is -2.12. The van der Waals surface area contributed by atoms with E-state index < -0.39 is 14.5 Å². The molecule has 0 bridgehead atoms. The molecule has 0 atom stereocenters. The molecule has 0 N–H and O–H groups in total. The summed E-state index contributed by atoms with van der Waals surface area (Å²) in [4.78, 5) is 0. The van der Waals surface area contributed by atoms with Gasteiger partial charge in [0.2, 0.25) is 0 Å². The van der Waals surface area contributed by atoms with E-state index in [4.69, 9.17) is 0 Å². The highest BCUT2D eigenvalue weighted by Gasteiger charge is 2.45. The van der Waals surface area contributed by atoms with Gasteiger partial charge in [-0.1, -0.05) is 121 Å². The molecule has 0 radical (unpaired) electrons. The Labute approximate surface area is 276 Å². The second-order valence-electron chi connectivity index (χ2n) is 11.1. The van der Waals surface area contributed by atoms with Crippen LogP contribution in [0.4, 0.5) is 0 Å². The van der Waals surface area contributed by atoms with E-state index in [2.05, 4.69) is 205 Å². The fourth-order valence-corrected chi connectivity index (χ4v) is 12.9. The third kappa shape index (κ3) is 6.77. The molecular formula is C44H38P2+2. The molecule has 46 heavy (non-hydrogen) atoms. The van der Waals surface area contributed by atoms with E-state index in [1.54, 1.807) is 0 Å². The van der Waals surface area contributed by atoms with Crippen molar-refractivity contribution in [1.82, 2.24) is 0 Å². The molecule has 0 fully saturated rings. The fraction of sp³-hybridized carbons (Fsp3) is 0.0909. The summed E-state index contributed by atoms with van der Waals surface area (Å²) in [6, 6.07) is 65.2. The van der Waals surface area contributed by atoms with Crippen LogP contribution < -0.4 is 31.8 Å². The first-order valence-electron chi connectivity index (χ1n) is 16.0. The SMILES string of the molecule is C(#C[P+](c1ccccc1)(c1ccccc1)c1ccccc1)CCCCC#C[P+](c1ccccc1)(c1ccccc1)c1ccccc1. The third-order valence-corrected chi connectivity index (χ3v) is 15.6. The first-order chi connectivity index (χ1) is 22.8. The van der Waals surface area contributed by atoms with E-state index in [0.29, 0.717) is 0 Å². The molecular weight excluding hydrogens is 590 g/mol. The maximum Gasteiger partial charge on any atom is 0.189 e. The van der Waals surface area contributed by atoms with Crippen molar-refractivity contribution in [2.45, 2.75) is 25.7 Å². The largest absolute Gasteiger partial charge is 0.189 e. The molecule has 6 rings (SSSR count). The van der Waals surface area contributed by atoms with Gasteiger partial charge in [0.15, 0.2) is 14.5 Å². The van der Waals surface area contributed by atoms with Crippen LogP contribution in [0.5, 0.6) is 0 Å². The van der Waals surface area contributed by atoms with Gasteiger partial charge in [-0.25, -0.2) is 0 Å². The average Bonchev–Trinajstić information content (AvgIpc) is 3.15. The Kier molecular flexibility index (Phi) is 10.6. The van der Waals surface area contributed by atoms with Gasteiger partial charge in [0, 0.05) is 12.8 Å². The van der Waals surface area contributed by atoms with Crippen LogP contribution in [0.3, 0.4) is 0 Å². The number of rotatable bonds is 9. The molecule has 0 spiro atoms. The van der Waals surface area contributed by atoms with Crippen LogP contribution in [0.1, 0.15) is 25.7 Å². The zero-order valence-corrected chi connectivity index (χ0v) is 27.8. The molecule has 0 aromatic heterocycles. The van der Waals surface area contributed by atoms with Crippen molar-refractivity contribution in [2.24, 2.45) is 0 Å². The lowest BCUT2D eigenvalue weighted by atomic mass is 10.2. The van der Waals surface area contributed by atoms with Gasteiger partial charge >= 0.3 is 0 Å². The quantitative estimate of drug-likeness (QED) is 0.0857. The highest BCUT2D eigenvalue weighted by Crippen LogP contribution is 2.55. The van der Waals surface area contributed by atoms with Crippen LogP contribution in [0.25, 0.3) is 0 Å². The number of hydrogen-bond acceptors (Lipinski definition) is 0. The van der Waals surface area contributed by atoms with Crippen molar-refractivity contribution < 1.29 is 0 Å². The summed E-state index contributed by atoms with van der Waals surface area (Å²) < 4.78 is 0. The average molecular weight is 629 g/mol. The van der Waals surface area contributed by atoms with Gasteiger partial charge in [-0.2, -0.15) is 0 Å². The van der Waals surface area contributed by atoms with Crippen molar-refractivity contribution >= 4 is 46.4 Å². The van der Waals surface area contributed by atoms with Gasteiger partial charge in [-0.15, -0.1) is 0 Å². The van der Waals surface area contributed by atoms with Crippen LogP contribution in [0.2, 0.25) is 0 Å². The summed E-state index contributed by atoms with van der Waals surface area (Å²) in [5.41, 5.74) is 7.78. The first kappa shape index (κ1) is 31.3. The van der Waals surface area contributed by atoms with Crippen molar-refractivity contribution in [3.05, 3.63) is 182 Å². The van der Waals surface area contributed by atoms with Crippen LogP contribution in [0, 0.1) is 23.2 Å². The van der Waals surface area contributed by atoms with Gasteiger partial charge in [-0.05, 0) is 85.6 Å². The van der Waals surface area contributed by atoms with Gasteiger partial charge in [0.05, 0.1) is 11.3 Å². The normalized spacial score (nSPS) is 11.0. The molecule has 0 aliphatic rings. The Balaban J connectivity index is 1.26. The molecule has 6 aromatic rings. The smallest absolute Gasteiger partial charge is 0.0620 e. The highest BCUT2D eigenvalue weighted by atomic mass is 31.2. The zero-order valence-electron chi connectivity index (χ0n) is 26.0. The minimum absolute atomic E-state index is 0.853. The summed E-state index contributed by atoms with van der Waals surface area (Å²) in [7, 11) is -4.25. The van der Waals surface area contributed by atoms with Crippen LogP contribution in [-0.2, 0) is 0 Å². The summed E-state index contributed by atoms with van der Waals surface area (Å²) in [5, 5.41) is 7.80. The predicted molar refractivity (Wildman–Crippen MR) is 204 cm³/mol. The monoisotopic (exact) mass is 628 g/mol. The lowest BCUT2D eigenvalue weighted by molar-refractivity contribution is 0.783.